The fraction of sp³-hybridized carbons (Fsp3) is 1.00. The quantitative estimate of drug-likeness (QED) is 0.661. The van der Waals surface area contributed by atoms with Crippen LogP contribution in [0.4, 0.5) is 0 Å². The molecule has 0 spiro atoms. The Hall–Kier alpha value is -0.120. The van der Waals surface area contributed by atoms with Gasteiger partial charge in [0.1, 0.15) is 0 Å². The number of rotatable bonds is 6. The molecular formula is C10H22N2O. The Kier molecular flexibility index (Phi) is 4.70. The smallest absolute Gasteiger partial charge is 0.0670 e. The normalized spacial score (nSPS) is 20.3. The maximum atomic E-state index is 5.28. The second kappa shape index (κ2) is 5.58. The van der Waals surface area contributed by atoms with Crippen LogP contribution in [0.25, 0.3) is 0 Å². The molecular weight excluding hydrogens is 164 g/mol. The minimum Gasteiger partial charge on any atom is -0.380 e. The van der Waals surface area contributed by atoms with Gasteiger partial charge in [0.05, 0.1) is 6.10 Å². The van der Waals surface area contributed by atoms with Crippen molar-refractivity contribution in [2.75, 3.05) is 33.3 Å². The van der Waals surface area contributed by atoms with Crippen molar-refractivity contribution in [2.24, 2.45) is 0 Å². The Labute approximate surface area is 81.4 Å². The van der Waals surface area contributed by atoms with Crippen LogP contribution in [0, 0.1) is 0 Å². The van der Waals surface area contributed by atoms with E-state index in [1.807, 2.05) is 0 Å². The van der Waals surface area contributed by atoms with E-state index in [9.17, 15) is 0 Å². The minimum atomic E-state index is 0.354. The van der Waals surface area contributed by atoms with E-state index in [2.05, 4.69) is 24.1 Å². The minimum absolute atomic E-state index is 0.354. The monoisotopic (exact) mass is 186 g/mol. The van der Waals surface area contributed by atoms with Gasteiger partial charge in [-0.25, -0.2) is 0 Å². The van der Waals surface area contributed by atoms with Crippen LogP contribution in [0.5, 0.6) is 0 Å². The van der Waals surface area contributed by atoms with E-state index < -0.39 is 0 Å². The van der Waals surface area contributed by atoms with Gasteiger partial charge in [0.2, 0.25) is 0 Å². The van der Waals surface area contributed by atoms with Crippen molar-refractivity contribution in [3.05, 3.63) is 0 Å². The molecule has 13 heavy (non-hydrogen) atoms. The van der Waals surface area contributed by atoms with Crippen molar-refractivity contribution in [3.8, 4) is 0 Å². The zero-order valence-electron chi connectivity index (χ0n) is 9.05. The summed E-state index contributed by atoms with van der Waals surface area (Å²) in [4.78, 5) is 2.53. The Morgan fingerprint density at radius 3 is 2.62 bits per heavy atom. The Bertz CT molecular complexity index is 137. The molecule has 0 aromatic carbocycles. The summed E-state index contributed by atoms with van der Waals surface area (Å²) < 4.78 is 5.28. The van der Waals surface area contributed by atoms with Crippen LogP contribution in [0.3, 0.4) is 0 Å². The lowest BCUT2D eigenvalue weighted by molar-refractivity contribution is 0.0471. The molecule has 1 rings (SSSR count). The maximum Gasteiger partial charge on any atom is 0.0670 e. The molecule has 0 saturated carbocycles. The molecule has 0 aliphatic carbocycles. The van der Waals surface area contributed by atoms with Crippen molar-refractivity contribution in [3.63, 3.8) is 0 Å². The van der Waals surface area contributed by atoms with Crippen LogP contribution in [-0.4, -0.2) is 50.3 Å². The largest absolute Gasteiger partial charge is 0.380 e. The zero-order chi connectivity index (χ0) is 9.68. The van der Waals surface area contributed by atoms with Crippen LogP contribution >= 0.6 is 0 Å². The lowest BCUT2D eigenvalue weighted by Crippen LogP contribution is -2.58. The van der Waals surface area contributed by atoms with Crippen LogP contribution in [-0.2, 0) is 4.74 Å². The topological polar surface area (TPSA) is 24.5 Å². The van der Waals surface area contributed by atoms with Gasteiger partial charge in [-0.2, -0.15) is 0 Å². The first-order valence-electron chi connectivity index (χ1n) is 5.25. The van der Waals surface area contributed by atoms with E-state index in [1.54, 1.807) is 7.11 Å². The fourth-order valence-corrected chi connectivity index (χ4v) is 1.65. The van der Waals surface area contributed by atoms with Gasteiger partial charge in [0, 0.05) is 32.8 Å². The number of methoxy groups -OCH3 is 1. The molecule has 0 radical (unpaired) electrons. The summed E-state index contributed by atoms with van der Waals surface area (Å²) in [5.41, 5.74) is 0. The van der Waals surface area contributed by atoms with E-state index in [0.717, 1.165) is 25.7 Å². The molecule has 0 amide bonds. The van der Waals surface area contributed by atoms with Gasteiger partial charge >= 0.3 is 0 Å². The highest BCUT2D eigenvalue weighted by molar-refractivity contribution is 4.85. The number of hydrogen-bond donors (Lipinski definition) is 1. The van der Waals surface area contributed by atoms with Gasteiger partial charge in [0.15, 0.2) is 0 Å². The summed E-state index contributed by atoms with van der Waals surface area (Å²) in [7, 11) is 1.79. The molecule has 1 atom stereocenters. The van der Waals surface area contributed by atoms with Crippen LogP contribution in [0.2, 0.25) is 0 Å². The maximum absolute atomic E-state index is 5.28. The van der Waals surface area contributed by atoms with E-state index in [4.69, 9.17) is 4.74 Å². The molecule has 1 aliphatic rings. The molecule has 0 aromatic heterocycles. The number of ether oxygens (including phenoxy) is 1. The molecule has 1 saturated heterocycles. The molecule has 1 fully saturated rings. The molecule has 1 N–H and O–H groups in total. The summed E-state index contributed by atoms with van der Waals surface area (Å²) in [5.74, 6) is 0. The number of nitrogens with one attached hydrogen (secondary N) is 1. The van der Waals surface area contributed by atoms with Crippen LogP contribution in [0.15, 0.2) is 0 Å². The Morgan fingerprint density at radius 1 is 1.54 bits per heavy atom. The summed E-state index contributed by atoms with van der Waals surface area (Å²) in [6.07, 6.45) is 1.58. The zero-order valence-corrected chi connectivity index (χ0v) is 9.05. The fourth-order valence-electron chi connectivity index (χ4n) is 1.65. The number of hydrogen-bond acceptors (Lipinski definition) is 3. The molecule has 1 unspecified atom stereocenters. The SMILES string of the molecule is CCCN(CC(C)OC)C1CNC1. The molecule has 0 bridgehead atoms. The van der Waals surface area contributed by atoms with Gasteiger partial charge in [-0.15, -0.1) is 0 Å². The van der Waals surface area contributed by atoms with Gasteiger partial charge in [0.25, 0.3) is 0 Å². The molecule has 3 heteroatoms. The third-order valence-corrected chi connectivity index (χ3v) is 2.68. The summed E-state index contributed by atoms with van der Waals surface area (Å²) in [5, 5.41) is 3.31. The van der Waals surface area contributed by atoms with Gasteiger partial charge in [-0.1, -0.05) is 6.92 Å². The predicted octanol–water partition coefficient (Wildman–Crippen LogP) is 0.705. The van der Waals surface area contributed by atoms with Crippen LogP contribution in [0.1, 0.15) is 20.3 Å². The van der Waals surface area contributed by atoms with Crippen molar-refractivity contribution in [2.45, 2.75) is 32.4 Å². The lowest BCUT2D eigenvalue weighted by atomic mass is 10.1. The first-order chi connectivity index (χ1) is 6.27. The van der Waals surface area contributed by atoms with E-state index in [1.165, 1.54) is 13.0 Å². The standard InChI is InChI=1S/C10H22N2O/c1-4-5-12(8-9(2)13-3)10-6-11-7-10/h9-11H,4-8H2,1-3H3. The third kappa shape index (κ3) is 3.25. The highest BCUT2D eigenvalue weighted by Crippen LogP contribution is 2.07. The average Bonchev–Trinajstić information content (AvgIpc) is 2.01. The van der Waals surface area contributed by atoms with Crippen molar-refractivity contribution < 1.29 is 4.74 Å². The Balaban J connectivity index is 2.28. The molecule has 0 aromatic rings. The van der Waals surface area contributed by atoms with E-state index in [-0.39, 0.29) is 0 Å². The van der Waals surface area contributed by atoms with Crippen LogP contribution < -0.4 is 5.32 Å². The number of nitrogens with zero attached hydrogens (tertiary/aromatic N) is 1. The predicted molar refractivity (Wildman–Crippen MR) is 55.0 cm³/mol. The van der Waals surface area contributed by atoms with E-state index >= 15 is 0 Å². The van der Waals surface area contributed by atoms with Gasteiger partial charge < -0.3 is 10.1 Å². The van der Waals surface area contributed by atoms with Gasteiger partial charge in [-0.3, -0.25) is 4.90 Å². The summed E-state index contributed by atoms with van der Waals surface area (Å²) >= 11 is 0. The van der Waals surface area contributed by atoms with E-state index in [0.29, 0.717) is 6.10 Å². The summed E-state index contributed by atoms with van der Waals surface area (Å²) in [6.45, 7) is 8.93. The Morgan fingerprint density at radius 2 is 2.23 bits per heavy atom. The van der Waals surface area contributed by atoms with Crippen molar-refractivity contribution >= 4 is 0 Å². The highest BCUT2D eigenvalue weighted by Gasteiger charge is 2.24. The molecule has 3 nitrogen and oxygen atoms in total. The summed E-state index contributed by atoms with van der Waals surface area (Å²) in [6, 6.07) is 0.748. The van der Waals surface area contributed by atoms with Crippen molar-refractivity contribution in [1.29, 1.82) is 0 Å². The molecule has 1 heterocycles. The van der Waals surface area contributed by atoms with Crippen molar-refractivity contribution in [1.82, 2.24) is 10.2 Å². The lowest BCUT2D eigenvalue weighted by Gasteiger charge is -2.39. The first-order valence-corrected chi connectivity index (χ1v) is 5.25. The first kappa shape index (κ1) is 11.0. The second-order valence-corrected chi connectivity index (χ2v) is 3.85. The molecule has 78 valence electrons. The van der Waals surface area contributed by atoms with Gasteiger partial charge in [-0.05, 0) is 19.9 Å². The molecule has 1 aliphatic heterocycles. The second-order valence-electron chi connectivity index (χ2n) is 3.85. The average molecular weight is 186 g/mol. The third-order valence-electron chi connectivity index (χ3n) is 2.68. The highest BCUT2D eigenvalue weighted by atomic mass is 16.5.